The van der Waals surface area contributed by atoms with Crippen LogP contribution in [0.1, 0.15) is 5.56 Å². The predicted molar refractivity (Wildman–Crippen MR) is 118 cm³/mol. The summed E-state index contributed by atoms with van der Waals surface area (Å²) in [5.41, 5.74) is 5.42. The summed E-state index contributed by atoms with van der Waals surface area (Å²) >= 11 is 3.25. The number of rotatable bonds is 6. The van der Waals surface area contributed by atoms with Crippen LogP contribution in [0.25, 0.3) is 10.8 Å². The number of carbonyl (C=O) groups excluding carboxylic acids is 2. The van der Waals surface area contributed by atoms with Crippen LogP contribution in [-0.2, 0) is 26.0 Å². The van der Waals surface area contributed by atoms with E-state index in [9.17, 15) is 18.0 Å². The summed E-state index contributed by atoms with van der Waals surface area (Å²) in [6.45, 7) is -0.438. The Morgan fingerprint density at radius 1 is 0.900 bits per heavy atom. The first kappa shape index (κ1) is 21.9. The maximum absolute atomic E-state index is 12.5. The fourth-order valence-electron chi connectivity index (χ4n) is 2.92. The quantitative estimate of drug-likeness (QED) is 0.520. The summed E-state index contributed by atoms with van der Waals surface area (Å²) in [6.07, 6.45) is 0.0780. The monoisotopic (exact) mass is 489 g/mol. The molecule has 0 bridgehead atoms. The van der Waals surface area contributed by atoms with E-state index in [1.807, 2.05) is 42.5 Å². The Morgan fingerprint density at radius 3 is 2.27 bits per heavy atom. The lowest BCUT2D eigenvalue weighted by molar-refractivity contribution is -0.128. The van der Waals surface area contributed by atoms with E-state index < -0.39 is 28.4 Å². The molecule has 0 aliphatic carbocycles. The van der Waals surface area contributed by atoms with E-state index in [0.29, 0.717) is 0 Å². The van der Waals surface area contributed by atoms with E-state index >= 15 is 0 Å². The summed E-state index contributed by atoms with van der Waals surface area (Å²) in [5, 5.41) is 1.98. The Bertz CT molecular complexity index is 1180. The molecule has 0 aliphatic rings. The minimum Gasteiger partial charge on any atom is -0.273 e. The standard InChI is InChI=1S/C21H20BrN3O4S/c1-25(30(28,29)18-11-9-17(22)10-12-18)14-21(27)24-23-20(26)13-16-7-4-6-15-5-2-3-8-19(15)16/h2-12H,13-14H2,1H3,(H,23,26)(H,24,27). The second kappa shape index (κ2) is 9.38. The fraction of sp³-hybridized carbons (Fsp3) is 0.143. The van der Waals surface area contributed by atoms with Gasteiger partial charge in [0.05, 0.1) is 17.9 Å². The van der Waals surface area contributed by atoms with Gasteiger partial charge < -0.3 is 0 Å². The molecule has 3 rings (SSSR count). The van der Waals surface area contributed by atoms with E-state index in [-0.39, 0.29) is 11.3 Å². The number of nitrogens with zero attached hydrogens (tertiary/aromatic N) is 1. The van der Waals surface area contributed by atoms with Crippen LogP contribution >= 0.6 is 15.9 Å². The number of likely N-dealkylation sites (N-methyl/N-ethyl adjacent to an activating group) is 1. The number of sulfonamides is 1. The third kappa shape index (κ3) is 5.24. The normalized spacial score (nSPS) is 11.4. The van der Waals surface area contributed by atoms with E-state index in [1.54, 1.807) is 12.1 Å². The Morgan fingerprint density at radius 2 is 1.53 bits per heavy atom. The molecule has 3 aromatic carbocycles. The number of nitrogens with one attached hydrogen (secondary N) is 2. The second-order valence-electron chi connectivity index (χ2n) is 6.63. The Kier molecular flexibility index (Phi) is 6.86. The summed E-state index contributed by atoms with van der Waals surface area (Å²) in [4.78, 5) is 24.4. The van der Waals surface area contributed by atoms with Crippen LogP contribution in [0.2, 0.25) is 0 Å². The SMILES string of the molecule is CN(CC(=O)NNC(=O)Cc1cccc2ccccc12)S(=O)(=O)c1ccc(Br)cc1. The van der Waals surface area contributed by atoms with Crippen LogP contribution < -0.4 is 10.9 Å². The minimum absolute atomic E-state index is 0.0704. The highest BCUT2D eigenvalue weighted by Gasteiger charge is 2.23. The topological polar surface area (TPSA) is 95.6 Å². The van der Waals surface area contributed by atoms with Gasteiger partial charge in [-0.15, -0.1) is 0 Å². The molecular weight excluding hydrogens is 470 g/mol. The van der Waals surface area contributed by atoms with Crippen molar-refractivity contribution in [2.24, 2.45) is 0 Å². The van der Waals surface area contributed by atoms with Gasteiger partial charge in [0.1, 0.15) is 0 Å². The molecular formula is C21H20BrN3O4S. The van der Waals surface area contributed by atoms with Crippen LogP contribution in [0.3, 0.4) is 0 Å². The van der Waals surface area contributed by atoms with E-state index in [4.69, 9.17) is 0 Å². The number of hydrogen-bond acceptors (Lipinski definition) is 4. The van der Waals surface area contributed by atoms with E-state index in [1.165, 1.54) is 19.2 Å². The molecule has 156 valence electrons. The first-order chi connectivity index (χ1) is 14.3. The Hall–Kier alpha value is -2.75. The van der Waals surface area contributed by atoms with Gasteiger partial charge in [0.25, 0.3) is 5.91 Å². The van der Waals surface area contributed by atoms with Crippen LogP contribution in [-0.4, -0.2) is 38.1 Å². The molecule has 30 heavy (non-hydrogen) atoms. The second-order valence-corrected chi connectivity index (χ2v) is 9.59. The molecule has 0 unspecified atom stereocenters. The fourth-order valence-corrected chi connectivity index (χ4v) is 4.31. The van der Waals surface area contributed by atoms with Crippen molar-refractivity contribution in [3.05, 3.63) is 76.8 Å². The average Bonchev–Trinajstić information content (AvgIpc) is 2.73. The number of fused-ring (bicyclic) bond motifs is 1. The highest BCUT2D eigenvalue weighted by atomic mass is 79.9. The maximum Gasteiger partial charge on any atom is 0.253 e. The van der Waals surface area contributed by atoms with Gasteiger partial charge in [0.2, 0.25) is 15.9 Å². The Labute approximate surface area is 183 Å². The molecule has 0 atom stereocenters. The summed E-state index contributed by atoms with van der Waals surface area (Å²) in [6, 6.07) is 19.5. The third-order valence-corrected chi connectivity index (χ3v) is 6.81. The van der Waals surface area contributed by atoms with Crippen molar-refractivity contribution in [1.82, 2.24) is 15.2 Å². The Balaban J connectivity index is 1.56. The summed E-state index contributed by atoms with van der Waals surface area (Å²) < 4.78 is 26.7. The first-order valence-corrected chi connectivity index (χ1v) is 11.3. The molecule has 0 spiro atoms. The van der Waals surface area contributed by atoms with Crippen molar-refractivity contribution in [1.29, 1.82) is 0 Å². The van der Waals surface area contributed by atoms with Crippen LogP contribution in [0.4, 0.5) is 0 Å². The molecule has 0 saturated heterocycles. The van der Waals surface area contributed by atoms with Gasteiger partial charge in [-0.2, -0.15) is 4.31 Å². The highest BCUT2D eigenvalue weighted by molar-refractivity contribution is 9.10. The van der Waals surface area contributed by atoms with Crippen LogP contribution in [0.15, 0.2) is 76.1 Å². The molecule has 0 aromatic heterocycles. The van der Waals surface area contributed by atoms with Crippen molar-refractivity contribution in [3.63, 3.8) is 0 Å². The third-order valence-electron chi connectivity index (χ3n) is 4.46. The maximum atomic E-state index is 12.5. The van der Waals surface area contributed by atoms with Crippen molar-refractivity contribution < 1.29 is 18.0 Å². The smallest absolute Gasteiger partial charge is 0.253 e. The predicted octanol–water partition coefficient (Wildman–Crippen LogP) is 2.61. The number of benzene rings is 3. The lowest BCUT2D eigenvalue weighted by Crippen LogP contribution is -2.47. The first-order valence-electron chi connectivity index (χ1n) is 9.03. The van der Waals surface area contributed by atoms with Gasteiger partial charge in [-0.25, -0.2) is 8.42 Å². The number of amides is 2. The van der Waals surface area contributed by atoms with Crippen molar-refractivity contribution >= 4 is 48.5 Å². The zero-order valence-corrected chi connectivity index (χ0v) is 18.5. The largest absolute Gasteiger partial charge is 0.273 e. The molecule has 0 fully saturated rings. The van der Waals surface area contributed by atoms with E-state index in [2.05, 4.69) is 26.8 Å². The van der Waals surface area contributed by atoms with Crippen LogP contribution in [0, 0.1) is 0 Å². The molecule has 2 N–H and O–H groups in total. The van der Waals surface area contributed by atoms with Crippen molar-refractivity contribution in [2.45, 2.75) is 11.3 Å². The molecule has 0 aliphatic heterocycles. The summed E-state index contributed by atoms with van der Waals surface area (Å²) in [7, 11) is -2.52. The molecule has 9 heteroatoms. The van der Waals surface area contributed by atoms with Crippen molar-refractivity contribution in [2.75, 3.05) is 13.6 Å². The lowest BCUT2D eigenvalue weighted by atomic mass is 10.0. The number of hydrazine groups is 1. The number of halogens is 1. The summed E-state index contributed by atoms with van der Waals surface area (Å²) in [5.74, 6) is -1.05. The molecule has 7 nitrogen and oxygen atoms in total. The van der Waals surface area contributed by atoms with Gasteiger partial charge in [0, 0.05) is 11.5 Å². The van der Waals surface area contributed by atoms with E-state index in [0.717, 1.165) is 25.1 Å². The number of hydrogen-bond donors (Lipinski definition) is 2. The van der Waals surface area contributed by atoms with Gasteiger partial charge in [-0.1, -0.05) is 58.4 Å². The molecule has 0 radical (unpaired) electrons. The van der Waals surface area contributed by atoms with Gasteiger partial charge in [0.15, 0.2) is 0 Å². The zero-order chi connectivity index (χ0) is 21.7. The van der Waals surface area contributed by atoms with Gasteiger partial charge in [-0.3, -0.25) is 20.4 Å². The molecule has 3 aromatic rings. The molecule has 0 heterocycles. The van der Waals surface area contributed by atoms with Gasteiger partial charge >= 0.3 is 0 Å². The van der Waals surface area contributed by atoms with Crippen LogP contribution in [0.5, 0.6) is 0 Å². The number of carbonyl (C=O) groups is 2. The molecule has 0 saturated carbocycles. The highest BCUT2D eigenvalue weighted by Crippen LogP contribution is 2.19. The lowest BCUT2D eigenvalue weighted by Gasteiger charge is -2.17. The zero-order valence-electron chi connectivity index (χ0n) is 16.1. The molecule has 2 amide bonds. The average molecular weight is 490 g/mol. The van der Waals surface area contributed by atoms with Crippen molar-refractivity contribution in [3.8, 4) is 0 Å². The minimum atomic E-state index is -3.82. The van der Waals surface area contributed by atoms with Gasteiger partial charge in [-0.05, 0) is 40.6 Å².